The van der Waals surface area contributed by atoms with Crippen LogP contribution in [0.5, 0.6) is 11.5 Å². The zero-order valence-corrected chi connectivity index (χ0v) is 9.04. The molecule has 92 valence electrons. The zero-order valence-electron chi connectivity index (χ0n) is 9.04. The predicted molar refractivity (Wildman–Crippen MR) is 53.9 cm³/mol. The van der Waals surface area contributed by atoms with Crippen molar-refractivity contribution >= 4 is 0 Å². The smallest absolute Gasteiger partial charge is 0.422 e. The predicted octanol–water partition coefficient (Wildman–Crippen LogP) is 2.90. The van der Waals surface area contributed by atoms with E-state index in [1.165, 1.54) is 18.2 Å². The highest BCUT2D eigenvalue weighted by Gasteiger charge is 2.29. The molecule has 6 heteroatoms. The molecule has 0 aromatic heterocycles. The van der Waals surface area contributed by atoms with Crippen molar-refractivity contribution in [2.24, 2.45) is 0 Å². The van der Waals surface area contributed by atoms with Crippen LogP contribution in [0.3, 0.4) is 0 Å². The van der Waals surface area contributed by atoms with Crippen LogP contribution in [0.2, 0.25) is 0 Å². The summed E-state index contributed by atoms with van der Waals surface area (Å²) in [6.45, 7) is 0.572. The minimum absolute atomic E-state index is 0.0248. The molecule has 0 aliphatic rings. The lowest BCUT2D eigenvalue weighted by Crippen LogP contribution is -2.19. The van der Waals surface area contributed by atoms with E-state index in [2.05, 4.69) is 4.74 Å². The van der Waals surface area contributed by atoms with Gasteiger partial charge in [-0.1, -0.05) is 0 Å². The molecule has 0 bridgehead atoms. The average molecular weight is 245 g/mol. The molecule has 0 saturated carbocycles. The third-order valence-corrected chi connectivity index (χ3v) is 1.76. The van der Waals surface area contributed by atoms with E-state index < -0.39 is 12.8 Å². The van der Waals surface area contributed by atoms with Crippen LogP contribution in [0.1, 0.15) is 12.5 Å². The Morgan fingerprint density at radius 1 is 1.24 bits per heavy atom. The van der Waals surface area contributed by atoms with Gasteiger partial charge in [-0.15, -0.1) is 0 Å². The van der Waals surface area contributed by atoms with Gasteiger partial charge in [0.05, 0.1) is 18.2 Å². The number of hydrogen-bond donors (Lipinski definition) is 0. The maximum atomic E-state index is 12.0. The lowest BCUT2D eigenvalue weighted by molar-refractivity contribution is -0.153. The molecule has 0 amide bonds. The van der Waals surface area contributed by atoms with E-state index in [0.29, 0.717) is 5.56 Å². The van der Waals surface area contributed by atoms with Crippen LogP contribution in [0, 0.1) is 11.3 Å². The summed E-state index contributed by atoms with van der Waals surface area (Å²) in [4.78, 5) is 0. The van der Waals surface area contributed by atoms with Crippen molar-refractivity contribution in [3.8, 4) is 17.6 Å². The summed E-state index contributed by atoms with van der Waals surface area (Å²) < 4.78 is 45.7. The topological polar surface area (TPSA) is 42.2 Å². The Kier molecular flexibility index (Phi) is 4.21. The standard InChI is InChI=1S/C11H10F3NO2/c1-2-16-10-5-8(6-15)3-4-9(10)17-7-11(12,13)14/h3-5H,2,7H2,1H3. The molecule has 0 heterocycles. The quantitative estimate of drug-likeness (QED) is 0.819. The Hall–Kier alpha value is -1.90. The minimum Gasteiger partial charge on any atom is -0.490 e. The molecule has 0 aliphatic heterocycles. The number of hydrogen-bond acceptors (Lipinski definition) is 3. The van der Waals surface area contributed by atoms with Crippen LogP contribution in [0.25, 0.3) is 0 Å². The molecule has 17 heavy (non-hydrogen) atoms. The first-order valence-electron chi connectivity index (χ1n) is 4.82. The molecule has 0 N–H and O–H groups in total. The van der Waals surface area contributed by atoms with Gasteiger partial charge >= 0.3 is 6.18 Å². The van der Waals surface area contributed by atoms with Crippen molar-refractivity contribution < 1.29 is 22.6 Å². The third kappa shape index (κ3) is 4.23. The fraction of sp³-hybridized carbons (Fsp3) is 0.364. The minimum atomic E-state index is -4.41. The summed E-state index contributed by atoms with van der Waals surface area (Å²) in [7, 11) is 0. The van der Waals surface area contributed by atoms with E-state index in [4.69, 9.17) is 10.00 Å². The summed E-state index contributed by atoms with van der Waals surface area (Å²) in [5, 5.41) is 8.65. The Morgan fingerprint density at radius 2 is 1.94 bits per heavy atom. The molecule has 1 rings (SSSR count). The monoisotopic (exact) mass is 245 g/mol. The molecule has 1 aromatic rings. The van der Waals surface area contributed by atoms with Gasteiger partial charge in [0.15, 0.2) is 18.1 Å². The first-order valence-corrected chi connectivity index (χ1v) is 4.82. The first kappa shape index (κ1) is 13.2. The summed E-state index contributed by atoms with van der Waals surface area (Å²) in [5.74, 6) is 0.110. The van der Waals surface area contributed by atoms with E-state index in [-0.39, 0.29) is 18.1 Å². The molecule has 1 aromatic carbocycles. The van der Waals surface area contributed by atoms with Crippen LogP contribution in [-0.4, -0.2) is 19.4 Å². The Bertz CT molecular complexity index is 424. The van der Waals surface area contributed by atoms with Gasteiger partial charge in [0.25, 0.3) is 0 Å². The van der Waals surface area contributed by atoms with Gasteiger partial charge in [-0.2, -0.15) is 18.4 Å². The number of benzene rings is 1. The lowest BCUT2D eigenvalue weighted by atomic mass is 10.2. The van der Waals surface area contributed by atoms with Crippen molar-refractivity contribution in [2.45, 2.75) is 13.1 Å². The number of nitriles is 1. The van der Waals surface area contributed by atoms with Gasteiger partial charge < -0.3 is 9.47 Å². The third-order valence-electron chi connectivity index (χ3n) is 1.76. The zero-order chi connectivity index (χ0) is 12.9. The lowest BCUT2D eigenvalue weighted by Gasteiger charge is -2.13. The highest BCUT2D eigenvalue weighted by molar-refractivity contribution is 5.46. The number of rotatable bonds is 4. The number of nitrogens with zero attached hydrogens (tertiary/aromatic N) is 1. The summed E-state index contributed by atoms with van der Waals surface area (Å²) in [6.07, 6.45) is -4.41. The summed E-state index contributed by atoms with van der Waals surface area (Å²) >= 11 is 0. The molecule has 0 atom stereocenters. The van der Waals surface area contributed by atoms with Crippen molar-refractivity contribution in [3.63, 3.8) is 0 Å². The molecule has 0 radical (unpaired) electrons. The summed E-state index contributed by atoms with van der Waals surface area (Å²) in [6, 6.07) is 5.87. The fourth-order valence-electron chi connectivity index (χ4n) is 1.12. The van der Waals surface area contributed by atoms with E-state index in [1.807, 2.05) is 6.07 Å². The highest BCUT2D eigenvalue weighted by Crippen LogP contribution is 2.29. The van der Waals surface area contributed by atoms with E-state index in [9.17, 15) is 13.2 Å². The molecule has 0 saturated heterocycles. The summed E-state index contributed by atoms with van der Waals surface area (Å²) in [5.41, 5.74) is 0.299. The molecule has 0 fully saturated rings. The normalized spacial score (nSPS) is 10.8. The van der Waals surface area contributed by atoms with Crippen molar-refractivity contribution in [1.82, 2.24) is 0 Å². The largest absolute Gasteiger partial charge is 0.490 e. The first-order chi connectivity index (χ1) is 7.96. The van der Waals surface area contributed by atoms with E-state index >= 15 is 0 Å². The molecular weight excluding hydrogens is 235 g/mol. The van der Waals surface area contributed by atoms with Gasteiger partial charge in [0.2, 0.25) is 0 Å². The Morgan fingerprint density at radius 3 is 2.47 bits per heavy atom. The maximum Gasteiger partial charge on any atom is 0.422 e. The second kappa shape index (κ2) is 5.43. The Balaban J connectivity index is 2.87. The van der Waals surface area contributed by atoms with Crippen molar-refractivity contribution in [1.29, 1.82) is 5.26 Å². The Labute approximate surface area is 96.4 Å². The van der Waals surface area contributed by atoms with Gasteiger partial charge in [0.1, 0.15) is 0 Å². The van der Waals surface area contributed by atoms with Gasteiger partial charge in [-0.3, -0.25) is 0 Å². The fourth-order valence-corrected chi connectivity index (χ4v) is 1.12. The number of ether oxygens (including phenoxy) is 2. The van der Waals surface area contributed by atoms with E-state index in [1.54, 1.807) is 6.92 Å². The second-order valence-electron chi connectivity index (χ2n) is 3.11. The molecule has 0 unspecified atom stereocenters. The van der Waals surface area contributed by atoms with Crippen molar-refractivity contribution in [3.05, 3.63) is 23.8 Å². The SMILES string of the molecule is CCOc1cc(C#N)ccc1OCC(F)(F)F. The molecule has 3 nitrogen and oxygen atoms in total. The van der Waals surface area contributed by atoms with Crippen molar-refractivity contribution in [2.75, 3.05) is 13.2 Å². The van der Waals surface area contributed by atoms with Gasteiger partial charge in [-0.05, 0) is 19.1 Å². The highest BCUT2D eigenvalue weighted by atomic mass is 19.4. The van der Waals surface area contributed by atoms with Crippen LogP contribution in [-0.2, 0) is 0 Å². The number of halogens is 3. The molecule has 0 spiro atoms. The molecular formula is C11H10F3NO2. The molecule has 0 aliphatic carbocycles. The van der Waals surface area contributed by atoms with Gasteiger partial charge in [-0.25, -0.2) is 0 Å². The van der Waals surface area contributed by atoms with E-state index in [0.717, 1.165) is 0 Å². The maximum absolute atomic E-state index is 12.0. The van der Waals surface area contributed by atoms with Crippen LogP contribution in [0.15, 0.2) is 18.2 Å². The van der Waals surface area contributed by atoms with Crippen LogP contribution < -0.4 is 9.47 Å². The second-order valence-corrected chi connectivity index (χ2v) is 3.11. The van der Waals surface area contributed by atoms with Crippen LogP contribution in [0.4, 0.5) is 13.2 Å². The average Bonchev–Trinajstić information content (AvgIpc) is 2.26. The van der Waals surface area contributed by atoms with Gasteiger partial charge in [0, 0.05) is 6.07 Å². The number of alkyl halides is 3. The van der Waals surface area contributed by atoms with Crippen LogP contribution >= 0.6 is 0 Å².